The highest BCUT2D eigenvalue weighted by Gasteiger charge is 1.97. The van der Waals surface area contributed by atoms with Gasteiger partial charge in [-0.15, -0.1) is 5.92 Å². The molecule has 0 aliphatic heterocycles. The summed E-state index contributed by atoms with van der Waals surface area (Å²) < 4.78 is 4.58. The lowest BCUT2D eigenvalue weighted by Gasteiger charge is -1.95. The molecule has 0 aromatic heterocycles. The van der Waals surface area contributed by atoms with Crippen molar-refractivity contribution < 1.29 is 9.53 Å². The van der Waals surface area contributed by atoms with E-state index in [-0.39, 0.29) is 5.97 Å². The monoisotopic (exact) mass is 288 g/mol. The van der Waals surface area contributed by atoms with E-state index in [0.29, 0.717) is 6.42 Å². The molecule has 0 saturated heterocycles. The number of hydrogen-bond donors (Lipinski definition) is 0. The quantitative estimate of drug-likeness (QED) is 0.245. The van der Waals surface area contributed by atoms with Gasteiger partial charge in [0.1, 0.15) is 0 Å². The van der Waals surface area contributed by atoms with E-state index < -0.39 is 0 Å². The maximum atomic E-state index is 10.9. The van der Waals surface area contributed by atoms with E-state index in [0.717, 1.165) is 44.9 Å². The summed E-state index contributed by atoms with van der Waals surface area (Å²) in [6, 6.07) is 0. The van der Waals surface area contributed by atoms with Gasteiger partial charge in [0.05, 0.1) is 7.11 Å². The molecule has 0 fully saturated rings. The predicted molar refractivity (Wildman–Crippen MR) is 89.8 cm³/mol. The minimum absolute atomic E-state index is 0.135. The minimum atomic E-state index is -0.135. The molecule has 0 N–H and O–H groups in total. The van der Waals surface area contributed by atoms with Crippen molar-refractivity contribution in [3.05, 3.63) is 36.5 Å². The highest BCUT2D eigenvalue weighted by atomic mass is 16.5. The Hall–Kier alpha value is -1.75. The van der Waals surface area contributed by atoms with Crippen LogP contribution >= 0.6 is 0 Å². The molecule has 2 nitrogen and oxygen atoms in total. The second kappa shape index (κ2) is 16.3. The molecule has 0 spiro atoms. The number of carbonyl (C=O) groups is 1. The first-order valence-electron chi connectivity index (χ1n) is 7.78. The Bertz CT molecular complexity index is 392. The summed E-state index contributed by atoms with van der Waals surface area (Å²) in [5.74, 6) is 6.10. The van der Waals surface area contributed by atoms with Gasteiger partial charge in [0.2, 0.25) is 0 Å². The van der Waals surface area contributed by atoms with E-state index in [4.69, 9.17) is 0 Å². The minimum Gasteiger partial charge on any atom is -0.469 e. The van der Waals surface area contributed by atoms with Crippen LogP contribution in [0.1, 0.15) is 58.3 Å². The van der Waals surface area contributed by atoms with Gasteiger partial charge < -0.3 is 4.74 Å². The van der Waals surface area contributed by atoms with Crippen LogP contribution in [0.3, 0.4) is 0 Å². The number of allylic oxidation sites excluding steroid dienone is 6. The lowest BCUT2D eigenvalue weighted by molar-refractivity contribution is -0.140. The van der Waals surface area contributed by atoms with Gasteiger partial charge in [0.15, 0.2) is 0 Å². The zero-order valence-corrected chi connectivity index (χ0v) is 13.4. The van der Waals surface area contributed by atoms with E-state index in [9.17, 15) is 4.79 Å². The number of ether oxygens (including phenoxy) is 1. The summed E-state index contributed by atoms with van der Waals surface area (Å²) in [5, 5.41) is 0. The van der Waals surface area contributed by atoms with E-state index in [1.807, 2.05) is 0 Å². The van der Waals surface area contributed by atoms with Crippen LogP contribution in [0, 0.1) is 11.8 Å². The first-order valence-corrected chi connectivity index (χ1v) is 7.78. The summed E-state index contributed by atoms with van der Waals surface area (Å²) in [6.45, 7) is 2.14. The van der Waals surface area contributed by atoms with Crippen LogP contribution in [0.25, 0.3) is 0 Å². The molecule has 0 bridgehead atoms. The van der Waals surface area contributed by atoms with Crippen LogP contribution in [-0.4, -0.2) is 13.1 Å². The van der Waals surface area contributed by atoms with Crippen LogP contribution < -0.4 is 0 Å². The van der Waals surface area contributed by atoms with Crippen molar-refractivity contribution in [1.82, 2.24) is 0 Å². The fourth-order valence-electron chi connectivity index (χ4n) is 1.60. The fraction of sp³-hybridized carbons (Fsp3) is 0.526. The Balaban J connectivity index is 3.45. The third kappa shape index (κ3) is 16.2. The first kappa shape index (κ1) is 19.2. The molecule has 0 rings (SSSR count). The number of unbranched alkanes of at least 4 members (excludes halogenated alkanes) is 2. The van der Waals surface area contributed by atoms with E-state index in [1.165, 1.54) is 7.11 Å². The molecule has 0 amide bonds. The molecule has 0 atom stereocenters. The van der Waals surface area contributed by atoms with Crippen molar-refractivity contribution in [1.29, 1.82) is 0 Å². The Labute approximate surface area is 130 Å². The highest BCUT2D eigenvalue weighted by molar-refractivity contribution is 5.68. The number of hydrogen-bond acceptors (Lipinski definition) is 2. The third-order valence-electron chi connectivity index (χ3n) is 2.79. The summed E-state index contributed by atoms with van der Waals surface area (Å²) in [6.07, 6.45) is 20.1. The van der Waals surface area contributed by atoms with Gasteiger partial charge in [0.25, 0.3) is 0 Å². The standard InChI is InChI=1S/C19H28O2/c1-3-4-5-6-7-8-9-10-11-12-13-14-15-16-17-18-19(20)21-2/h4-5,7-8,10-11H,3,6,9,12,15-18H2,1-2H3/b5-4-,8-7-,11-10-. The van der Waals surface area contributed by atoms with Crippen molar-refractivity contribution in [3.63, 3.8) is 0 Å². The van der Waals surface area contributed by atoms with Crippen LogP contribution in [-0.2, 0) is 9.53 Å². The lowest BCUT2D eigenvalue weighted by atomic mass is 10.2. The number of methoxy groups -OCH3 is 1. The summed E-state index contributed by atoms with van der Waals surface area (Å²) in [7, 11) is 1.42. The van der Waals surface area contributed by atoms with E-state index in [1.54, 1.807) is 0 Å². The molecule has 0 aromatic carbocycles. The zero-order valence-electron chi connectivity index (χ0n) is 13.4. The molecule has 0 saturated carbocycles. The molecule has 2 heteroatoms. The van der Waals surface area contributed by atoms with Gasteiger partial charge in [0, 0.05) is 19.3 Å². The molecule has 0 unspecified atom stereocenters. The average Bonchev–Trinajstić information content (AvgIpc) is 2.50. The molecule has 0 heterocycles. The zero-order chi connectivity index (χ0) is 15.6. The van der Waals surface area contributed by atoms with Gasteiger partial charge in [-0.25, -0.2) is 0 Å². The topological polar surface area (TPSA) is 26.3 Å². The number of esters is 1. The largest absolute Gasteiger partial charge is 0.469 e. The third-order valence-corrected chi connectivity index (χ3v) is 2.79. The average molecular weight is 288 g/mol. The normalized spacial score (nSPS) is 11.1. The van der Waals surface area contributed by atoms with Gasteiger partial charge in [-0.3, -0.25) is 4.79 Å². The van der Waals surface area contributed by atoms with Crippen LogP contribution in [0.4, 0.5) is 0 Å². The molecule has 0 radical (unpaired) electrons. The van der Waals surface area contributed by atoms with Gasteiger partial charge in [-0.1, -0.05) is 49.3 Å². The second-order valence-corrected chi connectivity index (χ2v) is 4.63. The molecular formula is C19H28O2. The Kier molecular flexibility index (Phi) is 14.9. The molecule has 0 aromatic rings. The van der Waals surface area contributed by atoms with Crippen molar-refractivity contribution in [2.75, 3.05) is 7.11 Å². The smallest absolute Gasteiger partial charge is 0.305 e. The van der Waals surface area contributed by atoms with E-state index >= 15 is 0 Å². The van der Waals surface area contributed by atoms with Gasteiger partial charge in [-0.2, -0.15) is 0 Å². The van der Waals surface area contributed by atoms with Crippen molar-refractivity contribution in [2.45, 2.75) is 58.3 Å². The van der Waals surface area contributed by atoms with Crippen molar-refractivity contribution >= 4 is 5.97 Å². The molecule has 0 aliphatic carbocycles. The Morgan fingerprint density at radius 3 is 2.29 bits per heavy atom. The lowest BCUT2D eigenvalue weighted by Crippen LogP contribution is -1.98. The van der Waals surface area contributed by atoms with Crippen molar-refractivity contribution in [3.8, 4) is 11.8 Å². The maximum Gasteiger partial charge on any atom is 0.305 e. The first-order chi connectivity index (χ1) is 10.3. The molecular weight excluding hydrogens is 260 g/mol. The summed E-state index contributed by atoms with van der Waals surface area (Å²) >= 11 is 0. The van der Waals surface area contributed by atoms with Crippen LogP contribution in [0.15, 0.2) is 36.5 Å². The van der Waals surface area contributed by atoms with Crippen LogP contribution in [0.5, 0.6) is 0 Å². The highest BCUT2D eigenvalue weighted by Crippen LogP contribution is 2.00. The summed E-state index contributed by atoms with van der Waals surface area (Å²) in [4.78, 5) is 10.9. The SMILES string of the molecule is CC/C=C\C/C=C\C/C=C\CC#CCCCCC(=O)OC. The molecule has 116 valence electrons. The Morgan fingerprint density at radius 2 is 1.62 bits per heavy atom. The fourth-order valence-corrected chi connectivity index (χ4v) is 1.60. The van der Waals surface area contributed by atoms with E-state index in [2.05, 4.69) is 60.0 Å². The summed E-state index contributed by atoms with van der Waals surface area (Å²) in [5.41, 5.74) is 0. The van der Waals surface area contributed by atoms with Gasteiger partial charge >= 0.3 is 5.97 Å². The number of rotatable bonds is 10. The Morgan fingerprint density at radius 1 is 0.952 bits per heavy atom. The second-order valence-electron chi connectivity index (χ2n) is 4.63. The molecule has 21 heavy (non-hydrogen) atoms. The molecule has 0 aliphatic rings. The number of carbonyl (C=O) groups excluding carboxylic acids is 1. The van der Waals surface area contributed by atoms with Crippen molar-refractivity contribution in [2.24, 2.45) is 0 Å². The maximum absolute atomic E-state index is 10.9. The predicted octanol–water partition coefficient (Wildman–Crippen LogP) is 4.97. The van der Waals surface area contributed by atoms with Gasteiger partial charge in [-0.05, 0) is 32.1 Å². The van der Waals surface area contributed by atoms with Crippen LogP contribution in [0.2, 0.25) is 0 Å².